The molecule has 0 aromatic carbocycles. The van der Waals surface area contributed by atoms with Gasteiger partial charge in [0.25, 0.3) is 0 Å². The monoisotopic (exact) mass is 162 g/mol. The summed E-state index contributed by atoms with van der Waals surface area (Å²) in [6.45, 7) is -0.495. The highest BCUT2D eigenvalue weighted by molar-refractivity contribution is 4.94. The zero-order chi connectivity index (χ0) is 8.48. The molecule has 3 atom stereocenters. The van der Waals surface area contributed by atoms with Gasteiger partial charge in [-0.15, -0.1) is 0 Å². The Morgan fingerprint density at radius 2 is 2.00 bits per heavy atom. The van der Waals surface area contributed by atoms with E-state index >= 15 is 0 Å². The fourth-order valence-corrected chi connectivity index (χ4v) is 1.45. The minimum atomic E-state index is -1.49. The highest BCUT2D eigenvalue weighted by Gasteiger charge is 2.42. The maximum Gasteiger partial charge on any atom is 0.116 e. The van der Waals surface area contributed by atoms with Gasteiger partial charge in [0.1, 0.15) is 11.7 Å². The quantitative estimate of drug-likeness (QED) is 0.383. The van der Waals surface area contributed by atoms with E-state index in [2.05, 4.69) is 0 Å². The van der Waals surface area contributed by atoms with Crippen LogP contribution in [0.5, 0.6) is 0 Å². The molecule has 0 aromatic rings. The van der Waals surface area contributed by atoms with Crippen LogP contribution in [0.2, 0.25) is 0 Å². The second-order valence-electron chi connectivity index (χ2n) is 3.17. The average molecular weight is 162 g/mol. The van der Waals surface area contributed by atoms with Crippen molar-refractivity contribution in [1.82, 2.24) is 0 Å². The van der Waals surface area contributed by atoms with Crippen LogP contribution in [0.25, 0.3) is 0 Å². The lowest BCUT2D eigenvalue weighted by atomic mass is 9.81. The van der Waals surface area contributed by atoms with Crippen LogP contribution in [0.4, 0.5) is 0 Å². The van der Waals surface area contributed by atoms with E-state index in [0.717, 1.165) is 0 Å². The lowest BCUT2D eigenvalue weighted by molar-refractivity contribution is -0.168. The van der Waals surface area contributed by atoms with E-state index < -0.39 is 24.4 Å². The number of aliphatic hydroxyl groups is 4. The molecule has 1 saturated carbocycles. The highest BCUT2D eigenvalue weighted by Crippen LogP contribution is 2.28. The van der Waals surface area contributed by atoms with E-state index in [9.17, 15) is 10.2 Å². The topological polar surface area (TPSA) is 80.9 Å². The number of aliphatic hydroxyl groups excluding tert-OH is 3. The Bertz CT molecular complexity index is 138. The molecule has 1 rings (SSSR count). The van der Waals surface area contributed by atoms with E-state index in [4.69, 9.17) is 10.2 Å². The Labute approximate surface area is 65.1 Å². The van der Waals surface area contributed by atoms with Crippen molar-refractivity contribution in [3.05, 3.63) is 0 Å². The normalized spacial score (nSPS) is 45.8. The van der Waals surface area contributed by atoms with Crippen molar-refractivity contribution < 1.29 is 20.4 Å². The Balaban J connectivity index is 2.64. The van der Waals surface area contributed by atoms with Crippen molar-refractivity contribution in [2.45, 2.75) is 37.1 Å². The summed E-state index contributed by atoms with van der Waals surface area (Å²) in [5, 5.41) is 36.5. The summed E-state index contributed by atoms with van der Waals surface area (Å²) in [4.78, 5) is 0. The van der Waals surface area contributed by atoms with Gasteiger partial charge in [0.05, 0.1) is 12.7 Å². The highest BCUT2D eigenvalue weighted by atomic mass is 16.4. The van der Waals surface area contributed by atoms with Gasteiger partial charge in [-0.2, -0.15) is 0 Å². The van der Waals surface area contributed by atoms with Crippen LogP contribution >= 0.6 is 0 Å². The summed E-state index contributed by atoms with van der Waals surface area (Å²) in [6, 6.07) is 0. The van der Waals surface area contributed by atoms with E-state index in [1.807, 2.05) is 0 Å². The SMILES string of the molecule is OC[C@@]1(O)CCC[C@@H](O)[C@@H]1O. The molecule has 4 N–H and O–H groups in total. The molecule has 0 amide bonds. The van der Waals surface area contributed by atoms with Crippen molar-refractivity contribution in [3.63, 3.8) is 0 Å². The predicted octanol–water partition coefficient (Wildman–Crippen LogP) is -1.38. The van der Waals surface area contributed by atoms with Crippen LogP contribution in [0.15, 0.2) is 0 Å². The van der Waals surface area contributed by atoms with Crippen LogP contribution in [0.3, 0.4) is 0 Å². The summed E-state index contributed by atoms with van der Waals surface area (Å²) in [6.07, 6.45) is -0.636. The third kappa shape index (κ3) is 1.54. The van der Waals surface area contributed by atoms with Crippen molar-refractivity contribution in [2.75, 3.05) is 6.61 Å². The Kier molecular flexibility index (Phi) is 2.49. The Morgan fingerprint density at radius 3 is 2.45 bits per heavy atom. The van der Waals surface area contributed by atoms with Gasteiger partial charge in [-0.25, -0.2) is 0 Å². The molecule has 0 radical (unpaired) electrons. The molecular weight excluding hydrogens is 148 g/mol. The zero-order valence-electron chi connectivity index (χ0n) is 6.27. The second-order valence-corrected chi connectivity index (χ2v) is 3.17. The molecule has 4 heteroatoms. The van der Waals surface area contributed by atoms with Gasteiger partial charge in [-0.1, -0.05) is 0 Å². The molecule has 1 fully saturated rings. The van der Waals surface area contributed by atoms with Gasteiger partial charge < -0.3 is 20.4 Å². The van der Waals surface area contributed by atoms with E-state index in [0.29, 0.717) is 19.3 Å². The third-order valence-corrected chi connectivity index (χ3v) is 2.30. The fourth-order valence-electron chi connectivity index (χ4n) is 1.45. The average Bonchev–Trinajstić information content (AvgIpc) is 2.00. The third-order valence-electron chi connectivity index (χ3n) is 2.30. The maximum absolute atomic E-state index is 9.46. The molecule has 0 aliphatic heterocycles. The molecule has 0 heterocycles. The molecule has 11 heavy (non-hydrogen) atoms. The van der Waals surface area contributed by atoms with Crippen LogP contribution in [0.1, 0.15) is 19.3 Å². The molecule has 0 bridgehead atoms. The molecule has 1 aliphatic carbocycles. The summed E-state index contributed by atoms with van der Waals surface area (Å²) >= 11 is 0. The van der Waals surface area contributed by atoms with Crippen LogP contribution < -0.4 is 0 Å². The first kappa shape index (κ1) is 8.93. The Hall–Kier alpha value is -0.160. The van der Waals surface area contributed by atoms with Crippen molar-refractivity contribution in [1.29, 1.82) is 0 Å². The first-order chi connectivity index (χ1) is 5.10. The molecule has 1 aliphatic rings. The van der Waals surface area contributed by atoms with E-state index in [1.165, 1.54) is 0 Å². The predicted molar refractivity (Wildman–Crippen MR) is 37.9 cm³/mol. The largest absolute Gasteiger partial charge is 0.393 e. The molecule has 0 aromatic heterocycles. The van der Waals surface area contributed by atoms with Crippen molar-refractivity contribution in [3.8, 4) is 0 Å². The van der Waals surface area contributed by atoms with Crippen LogP contribution in [-0.4, -0.2) is 44.8 Å². The van der Waals surface area contributed by atoms with Gasteiger partial charge in [-0.05, 0) is 19.3 Å². The molecule has 0 unspecified atom stereocenters. The standard InChI is InChI=1S/C7H14O4/c8-4-7(11)3-1-2-5(9)6(7)10/h5-6,8-11H,1-4H2/t5-,6+,7+/m1/s1. The summed E-state index contributed by atoms with van der Waals surface area (Å²) in [7, 11) is 0. The molecule has 0 saturated heterocycles. The maximum atomic E-state index is 9.46. The summed E-state index contributed by atoms with van der Waals surface area (Å²) in [5.74, 6) is 0. The van der Waals surface area contributed by atoms with Crippen LogP contribution in [-0.2, 0) is 0 Å². The van der Waals surface area contributed by atoms with Gasteiger partial charge in [0, 0.05) is 0 Å². The molecule has 66 valence electrons. The first-order valence-corrected chi connectivity index (χ1v) is 3.79. The minimum Gasteiger partial charge on any atom is -0.393 e. The number of rotatable bonds is 1. The van der Waals surface area contributed by atoms with E-state index in [1.54, 1.807) is 0 Å². The molecule has 0 spiro atoms. The fraction of sp³-hybridized carbons (Fsp3) is 1.00. The first-order valence-electron chi connectivity index (χ1n) is 3.79. The van der Waals surface area contributed by atoms with Crippen LogP contribution in [0, 0.1) is 0 Å². The number of hydrogen-bond donors (Lipinski definition) is 4. The van der Waals surface area contributed by atoms with Gasteiger partial charge in [-0.3, -0.25) is 0 Å². The number of hydrogen-bond acceptors (Lipinski definition) is 4. The molecule has 4 nitrogen and oxygen atoms in total. The Morgan fingerprint density at radius 1 is 1.36 bits per heavy atom. The van der Waals surface area contributed by atoms with Gasteiger partial charge in [0.2, 0.25) is 0 Å². The van der Waals surface area contributed by atoms with E-state index in [-0.39, 0.29) is 0 Å². The molecular formula is C7H14O4. The van der Waals surface area contributed by atoms with Gasteiger partial charge in [0.15, 0.2) is 0 Å². The lowest BCUT2D eigenvalue weighted by Gasteiger charge is -2.38. The van der Waals surface area contributed by atoms with Gasteiger partial charge >= 0.3 is 0 Å². The van der Waals surface area contributed by atoms with Crippen molar-refractivity contribution >= 4 is 0 Å². The minimum absolute atomic E-state index is 0.349. The zero-order valence-corrected chi connectivity index (χ0v) is 6.27. The summed E-state index contributed by atoms with van der Waals surface area (Å²) < 4.78 is 0. The smallest absolute Gasteiger partial charge is 0.116 e. The summed E-state index contributed by atoms with van der Waals surface area (Å²) in [5.41, 5.74) is -1.49. The second kappa shape index (κ2) is 3.06. The van der Waals surface area contributed by atoms with Crippen molar-refractivity contribution in [2.24, 2.45) is 0 Å². The lowest BCUT2D eigenvalue weighted by Crippen LogP contribution is -2.54.